The average Bonchev–Trinajstić information content (AvgIpc) is 2.29. The topological polar surface area (TPSA) is 15.3 Å². The van der Waals surface area contributed by atoms with Gasteiger partial charge in [0.25, 0.3) is 0 Å². The maximum absolute atomic E-state index is 13.2. The summed E-state index contributed by atoms with van der Waals surface area (Å²) >= 11 is 3.25. The van der Waals surface area contributed by atoms with E-state index in [1.165, 1.54) is 6.07 Å². The molecule has 12 heavy (non-hydrogen) atoms. The fourth-order valence-electron chi connectivity index (χ4n) is 1.36. The second kappa shape index (κ2) is 2.71. The average molecular weight is 231 g/mol. The molecule has 1 heterocycles. The third-order valence-corrected chi connectivity index (χ3v) is 2.30. The van der Waals surface area contributed by atoms with Crippen LogP contribution in [0.3, 0.4) is 0 Å². The molecule has 1 N–H and O–H groups in total. The molecule has 0 bridgehead atoms. The highest BCUT2D eigenvalue weighted by Crippen LogP contribution is 2.30. The van der Waals surface area contributed by atoms with Crippen LogP contribution in [0, 0.1) is 5.82 Å². The third kappa shape index (κ3) is 1.21. The summed E-state index contributed by atoms with van der Waals surface area (Å²) in [6.45, 7) is 0.742. The van der Waals surface area contributed by atoms with Crippen LogP contribution >= 0.6 is 15.9 Å². The predicted octanol–water partition coefficient (Wildman–Crippen LogP) is 2.36. The Balaban J connectivity index is 2.52. The van der Waals surface area contributed by atoms with Crippen molar-refractivity contribution < 1.29 is 4.39 Å². The van der Waals surface area contributed by atoms with E-state index >= 15 is 0 Å². The Morgan fingerprint density at radius 2 is 2.33 bits per heavy atom. The lowest BCUT2D eigenvalue weighted by atomic mass is 10.2. The summed E-state index contributed by atoms with van der Waals surface area (Å²) in [5, 5.41) is 1.85. The van der Waals surface area contributed by atoms with Gasteiger partial charge in [-0.05, 0) is 17.7 Å². The first-order valence-electron chi connectivity index (χ1n) is 3.62. The van der Waals surface area contributed by atoms with Crippen molar-refractivity contribution in [1.29, 1.82) is 0 Å². The molecule has 1 aromatic carbocycles. The molecule has 0 radical (unpaired) electrons. The molecule has 4 heteroatoms. The maximum atomic E-state index is 13.2. The van der Waals surface area contributed by atoms with E-state index in [0.29, 0.717) is 5.69 Å². The zero-order chi connectivity index (χ0) is 8.72. The number of hydrazine groups is 1. The molecule has 2 rings (SSSR count). The molecular weight excluding hydrogens is 223 g/mol. The molecule has 0 aromatic heterocycles. The molecule has 0 aliphatic carbocycles. The Kier molecular flexibility index (Phi) is 1.81. The molecule has 0 saturated heterocycles. The number of hydrogen-bond acceptors (Lipinski definition) is 2. The molecule has 0 spiro atoms. The summed E-state index contributed by atoms with van der Waals surface area (Å²) in [4.78, 5) is 0. The fraction of sp³-hybridized carbons (Fsp3) is 0.250. The zero-order valence-corrected chi connectivity index (χ0v) is 8.15. The van der Waals surface area contributed by atoms with Crippen molar-refractivity contribution in [3.63, 3.8) is 0 Å². The SMILES string of the molecule is CN1Cc2cc(Br)cc(F)c2N1. The molecule has 0 saturated carbocycles. The van der Waals surface area contributed by atoms with Crippen LogP contribution in [0.2, 0.25) is 0 Å². The van der Waals surface area contributed by atoms with Crippen molar-refractivity contribution in [3.05, 3.63) is 28.0 Å². The van der Waals surface area contributed by atoms with Crippen molar-refractivity contribution in [1.82, 2.24) is 5.01 Å². The Bertz CT molecular complexity index is 327. The molecule has 1 aliphatic heterocycles. The second-order valence-corrected chi connectivity index (χ2v) is 3.81. The molecule has 1 aliphatic rings. The van der Waals surface area contributed by atoms with Crippen LogP contribution in [-0.4, -0.2) is 12.1 Å². The summed E-state index contributed by atoms with van der Waals surface area (Å²) in [6, 6.07) is 3.39. The van der Waals surface area contributed by atoms with Gasteiger partial charge in [0.1, 0.15) is 5.82 Å². The van der Waals surface area contributed by atoms with E-state index in [9.17, 15) is 4.39 Å². The number of anilines is 1. The summed E-state index contributed by atoms with van der Waals surface area (Å²) < 4.78 is 14.0. The van der Waals surface area contributed by atoms with Gasteiger partial charge in [-0.25, -0.2) is 9.40 Å². The lowest BCUT2D eigenvalue weighted by Gasteiger charge is -2.06. The molecule has 0 amide bonds. The molecule has 0 unspecified atom stereocenters. The normalized spacial score (nSPS) is 15.9. The van der Waals surface area contributed by atoms with E-state index in [-0.39, 0.29) is 5.82 Å². The first kappa shape index (κ1) is 8.01. The van der Waals surface area contributed by atoms with E-state index in [0.717, 1.165) is 16.6 Å². The predicted molar refractivity (Wildman–Crippen MR) is 49.2 cm³/mol. The Morgan fingerprint density at radius 1 is 1.58 bits per heavy atom. The fourth-order valence-corrected chi connectivity index (χ4v) is 1.84. The Hall–Kier alpha value is -0.610. The van der Waals surface area contributed by atoms with Crippen LogP contribution < -0.4 is 5.43 Å². The Labute approximate surface area is 78.5 Å². The van der Waals surface area contributed by atoms with Gasteiger partial charge in [-0.15, -0.1) is 0 Å². The first-order chi connectivity index (χ1) is 5.66. The molecule has 2 nitrogen and oxygen atoms in total. The van der Waals surface area contributed by atoms with E-state index in [4.69, 9.17) is 0 Å². The van der Waals surface area contributed by atoms with Gasteiger partial charge in [-0.3, -0.25) is 0 Å². The number of nitrogens with one attached hydrogen (secondary N) is 1. The smallest absolute Gasteiger partial charge is 0.149 e. The number of nitrogens with zero attached hydrogens (tertiary/aromatic N) is 1. The van der Waals surface area contributed by atoms with E-state index < -0.39 is 0 Å². The number of benzene rings is 1. The minimum Gasteiger partial charge on any atom is -0.316 e. The van der Waals surface area contributed by atoms with Gasteiger partial charge >= 0.3 is 0 Å². The summed E-state index contributed by atoms with van der Waals surface area (Å²) in [5.41, 5.74) is 4.52. The van der Waals surface area contributed by atoms with Gasteiger partial charge in [0.05, 0.1) is 5.69 Å². The van der Waals surface area contributed by atoms with Crippen molar-refractivity contribution in [3.8, 4) is 0 Å². The number of hydrogen-bond donors (Lipinski definition) is 1. The van der Waals surface area contributed by atoms with Crippen molar-refractivity contribution in [2.45, 2.75) is 6.54 Å². The summed E-state index contributed by atoms with van der Waals surface area (Å²) in [5.74, 6) is -0.205. The monoisotopic (exact) mass is 230 g/mol. The van der Waals surface area contributed by atoms with Gasteiger partial charge in [-0.1, -0.05) is 15.9 Å². The second-order valence-electron chi connectivity index (χ2n) is 2.89. The summed E-state index contributed by atoms with van der Waals surface area (Å²) in [7, 11) is 1.88. The van der Waals surface area contributed by atoms with Crippen LogP contribution in [0.5, 0.6) is 0 Å². The maximum Gasteiger partial charge on any atom is 0.149 e. The van der Waals surface area contributed by atoms with E-state index in [2.05, 4.69) is 21.4 Å². The van der Waals surface area contributed by atoms with Crippen LogP contribution in [0.1, 0.15) is 5.56 Å². The van der Waals surface area contributed by atoms with Crippen molar-refractivity contribution >= 4 is 21.6 Å². The molecule has 0 atom stereocenters. The van der Waals surface area contributed by atoms with E-state index in [1.807, 2.05) is 18.1 Å². The van der Waals surface area contributed by atoms with Gasteiger partial charge < -0.3 is 5.43 Å². The number of fused-ring (bicyclic) bond motifs is 1. The summed E-state index contributed by atoms with van der Waals surface area (Å²) in [6.07, 6.45) is 0. The minimum atomic E-state index is -0.205. The quantitative estimate of drug-likeness (QED) is 0.737. The minimum absolute atomic E-state index is 0.205. The highest BCUT2D eigenvalue weighted by Gasteiger charge is 2.18. The van der Waals surface area contributed by atoms with Crippen LogP contribution in [-0.2, 0) is 6.54 Å². The number of rotatable bonds is 0. The molecular formula is C8H8BrFN2. The van der Waals surface area contributed by atoms with Gasteiger partial charge in [0.15, 0.2) is 0 Å². The van der Waals surface area contributed by atoms with E-state index in [1.54, 1.807) is 0 Å². The first-order valence-corrected chi connectivity index (χ1v) is 4.42. The lowest BCUT2D eigenvalue weighted by molar-refractivity contribution is 0.421. The molecule has 64 valence electrons. The standard InChI is InChI=1S/C8H8BrFN2/c1-12-4-5-2-6(9)3-7(10)8(5)11-12/h2-3,11H,4H2,1H3. The van der Waals surface area contributed by atoms with Crippen molar-refractivity contribution in [2.24, 2.45) is 0 Å². The van der Waals surface area contributed by atoms with Gasteiger partial charge in [0.2, 0.25) is 0 Å². The highest BCUT2D eigenvalue weighted by molar-refractivity contribution is 9.10. The van der Waals surface area contributed by atoms with Crippen LogP contribution in [0.15, 0.2) is 16.6 Å². The highest BCUT2D eigenvalue weighted by atomic mass is 79.9. The molecule has 0 fully saturated rings. The van der Waals surface area contributed by atoms with Gasteiger partial charge in [-0.2, -0.15) is 0 Å². The zero-order valence-electron chi connectivity index (χ0n) is 6.56. The van der Waals surface area contributed by atoms with Crippen molar-refractivity contribution in [2.75, 3.05) is 12.5 Å². The third-order valence-electron chi connectivity index (χ3n) is 1.85. The van der Waals surface area contributed by atoms with Crippen LogP contribution in [0.4, 0.5) is 10.1 Å². The number of halogens is 2. The largest absolute Gasteiger partial charge is 0.316 e. The van der Waals surface area contributed by atoms with Crippen LogP contribution in [0.25, 0.3) is 0 Å². The molecule has 1 aromatic rings. The Morgan fingerprint density at radius 3 is 3.08 bits per heavy atom. The lowest BCUT2D eigenvalue weighted by Crippen LogP contribution is -2.16. The van der Waals surface area contributed by atoms with Gasteiger partial charge in [0, 0.05) is 18.1 Å².